The lowest BCUT2D eigenvalue weighted by Crippen LogP contribution is -2.49. The molecule has 2 heterocycles. The van der Waals surface area contributed by atoms with Crippen LogP contribution in [0.4, 0.5) is 0 Å². The Labute approximate surface area is 149 Å². The van der Waals surface area contributed by atoms with Crippen LogP contribution in [0, 0.1) is 0 Å². The first-order valence-corrected chi connectivity index (χ1v) is 9.22. The average Bonchev–Trinajstić information content (AvgIpc) is 3.04. The summed E-state index contributed by atoms with van der Waals surface area (Å²) in [6.07, 6.45) is 1.16. The second kappa shape index (κ2) is 8.30. The van der Waals surface area contributed by atoms with Crippen molar-refractivity contribution in [3.63, 3.8) is 0 Å². The lowest BCUT2D eigenvalue weighted by molar-refractivity contribution is -0.122. The highest BCUT2D eigenvalue weighted by Crippen LogP contribution is 2.22. The van der Waals surface area contributed by atoms with Crippen LogP contribution in [-0.2, 0) is 4.79 Å². The van der Waals surface area contributed by atoms with Crippen LogP contribution in [0.2, 0.25) is 5.02 Å². The van der Waals surface area contributed by atoms with E-state index in [-0.39, 0.29) is 11.9 Å². The smallest absolute Gasteiger partial charge is 0.234 e. The second-order valence-electron chi connectivity index (χ2n) is 6.77. The van der Waals surface area contributed by atoms with Crippen LogP contribution in [0.15, 0.2) is 24.3 Å². The van der Waals surface area contributed by atoms with Gasteiger partial charge in [0.1, 0.15) is 0 Å². The van der Waals surface area contributed by atoms with E-state index < -0.39 is 0 Å². The van der Waals surface area contributed by atoms with E-state index in [1.54, 1.807) is 0 Å². The van der Waals surface area contributed by atoms with Crippen LogP contribution in [0.1, 0.15) is 24.9 Å². The van der Waals surface area contributed by atoms with Gasteiger partial charge in [0.05, 0.1) is 12.6 Å². The predicted octanol–water partition coefficient (Wildman–Crippen LogP) is 1.50. The first kappa shape index (κ1) is 17.7. The Morgan fingerprint density at radius 2 is 2.08 bits per heavy atom. The summed E-state index contributed by atoms with van der Waals surface area (Å²) in [6, 6.07) is 8.20. The minimum atomic E-state index is -0.0715. The minimum Gasteiger partial charge on any atom is -0.348 e. The Hall–Kier alpha value is -1.14. The Bertz CT molecular complexity index is 562. The molecule has 2 atom stereocenters. The molecule has 24 heavy (non-hydrogen) atoms. The molecular weight excluding hydrogens is 324 g/mol. The van der Waals surface area contributed by atoms with Crippen LogP contribution >= 0.6 is 11.6 Å². The molecule has 2 aliphatic rings. The number of nitrogens with zero attached hydrogens (tertiary/aromatic N) is 2. The van der Waals surface area contributed by atoms with Gasteiger partial charge in [-0.15, -0.1) is 0 Å². The zero-order valence-corrected chi connectivity index (χ0v) is 15.1. The zero-order valence-electron chi connectivity index (χ0n) is 14.3. The molecule has 3 rings (SSSR count). The van der Waals surface area contributed by atoms with E-state index >= 15 is 0 Å². The van der Waals surface area contributed by atoms with Gasteiger partial charge in [-0.2, -0.15) is 0 Å². The van der Waals surface area contributed by atoms with Gasteiger partial charge in [-0.05, 0) is 25.0 Å². The maximum absolute atomic E-state index is 12.4. The molecule has 1 amide bonds. The number of hydrogen-bond acceptors (Lipinski definition) is 4. The van der Waals surface area contributed by atoms with Crippen molar-refractivity contribution in [3.05, 3.63) is 34.9 Å². The van der Waals surface area contributed by atoms with Crippen molar-refractivity contribution >= 4 is 17.5 Å². The van der Waals surface area contributed by atoms with Crippen molar-refractivity contribution in [2.24, 2.45) is 0 Å². The SMILES string of the molecule is CC(NC(=O)CN1CCC(N2CCNCC2)C1)c1ccccc1Cl. The number of piperazine rings is 1. The number of halogens is 1. The first-order valence-electron chi connectivity index (χ1n) is 8.84. The molecule has 0 aliphatic carbocycles. The highest BCUT2D eigenvalue weighted by molar-refractivity contribution is 6.31. The summed E-state index contributed by atoms with van der Waals surface area (Å²) >= 11 is 6.21. The maximum Gasteiger partial charge on any atom is 0.234 e. The number of likely N-dealkylation sites (tertiary alicyclic amines) is 1. The van der Waals surface area contributed by atoms with Crippen molar-refractivity contribution in [3.8, 4) is 0 Å². The molecule has 5 nitrogen and oxygen atoms in total. The molecule has 2 saturated heterocycles. The minimum absolute atomic E-state index is 0.0715. The molecular formula is C18H27ClN4O. The topological polar surface area (TPSA) is 47.6 Å². The van der Waals surface area contributed by atoms with Gasteiger partial charge >= 0.3 is 0 Å². The number of carbonyl (C=O) groups excluding carboxylic acids is 1. The Kier molecular flexibility index (Phi) is 6.11. The van der Waals surface area contributed by atoms with Gasteiger partial charge in [0.2, 0.25) is 5.91 Å². The fraction of sp³-hybridized carbons (Fsp3) is 0.611. The van der Waals surface area contributed by atoms with Crippen LogP contribution in [0.5, 0.6) is 0 Å². The molecule has 0 radical (unpaired) electrons. The molecule has 0 spiro atoms. The molecule has 6 heteroatoms. The molecule has 2 unspecified atom stereocenters. The van der Waals surface area contributed by atoms with Gasteiger partial charge in [0.25, 0.3) is 0 Å². The highest BCUT2D eigenvalue weighted by Gasteiger charge is 2.29. The third-order valence-electron chi connectivity index (χ3n) is 5.03. The van der Waals surface area contributed by atoms with E-state index in [1.807, 2.05) is 31.2 Å². The standard InChI is InChI=1S/C18H27ClN4O/c1-14(16-4-2-3-5-17(16)19)21-18(24)13-22-9-6-15(12-22)23-10-7-20-8-11-23/h2-5,14-15,20H,6-13H2,1H3,(H,21,24). The molecule has 132 valence electrons. The van der Waals surface area contributed by atoms with Crippen molar-refractivity contribution in [1.82, 2.24) is 20.4 Å². The van der Waals surface area contributed by atoms with Crippen molar-refractivity contribution < 1.29 is 4.79 Å². The van der Waals surface area contributed by atoms with Gasteiger partial charge in [0.15, 0.2) is 0 Å². The molecule has 0 aromatic heterocycles. The maximum atomic E-state index is 12.4. The summed E-state index contributed by atoms with van der Waals surface area (Å²) < 4.78 is 0. The monoisotopic (exact) mass is 350 g/mol. The van der Waals surface area contributed by atoms with Crippen molar-refractivity contribution in [2.45, 2.75) is 25.4 Å². The lowest BCUT2D eigenvalue weighted by Gasteiger charge is -2.32. The Morgan fingerprint density at radius 1 is 1.33 bits per heavy atom. The normalized spacial score (nSPS) is 24.0. The molecule has 0 saturated carbocycles. The number of nitrogens with one attached hydrogen (secondary N) is 2. The summed E-state index contributed by atoms with van der Waals surface area (Å²) in [5.41, 5.74) is 0.965. The van der Waals surface area contributed by atoms with Crippen LogP contribution < -0.4 is 10.6 Å². The summed E-state index contributed by atoms with van der Waals surface area (Å²) in [4.78, 5) is 17.2. The van der Waals surface area contributed by atoms with E-state index in [0.717, 1.165) is 51.3 Å². The first-order chi connectivity index (χ1) is 11.6. The summed E-state index contributed by atoms with van der Waals surface area (Å²) in [5.74, 6) is 0.0726. The van der Waals surface area contributed by atoms with E-state index in [9.17, 15) is 4.79 Å². The quantitative estimate of drug-likeness (QED) is 0.845. The Morgan fingerprint density at radius 3 is 2.83 bits per heavy atom. The van der Waals surface area contributed by atoms with Gasteiger partial charge in [0, 0.05) is 50.3 Å². The van der Waals surface area contributed by atoms with E-state index in [2.05, 4.69) is 20.4 Å². The highest BCUT2D eigenvalue weighted by atomic mass is 35.5. The number of amides is 1. The fourth-order valence-electron chi connectivity index (χ4n) is 3.70. The number of benzene rings is 1. The van der Waals surface area contributed by atoms with Crippen molar-refractivity contribution in [2.75, 3.05) is 45.8 Å². The van der Waals surface area contributed by atoms with E-state index in [0.29, 0.717) is 17.6 Å². The third-order valence-corrected chi connectivity index (χ3v) is 5.38. The average molecular weight is 351 g/mol. The molecule has 2 fully saturated rings. The molecule has 0 bridgehead atoms. The van der Waals surface area contributed by atoms with Crippen LogP contribution in [-0.4, -0.2) is 67.6 Å². The van der Waals surface area contributed by atoms with Gasteiger partial charge in [-0.3, -0.25) is 14.6 Å². The molecule has 1 aromatic rings. The van der Waals surface area contributed by atoms with Crippen LogP contribution in [0.3, 0.4) is 0 Å². The van der Waals surface area contributed by atoms with E-state index in [1.165, 1.54) is 0 Å². The predicted molar refractivity (Wildman–Crippen MR) is 97.3 cm³/mol. The largest absolute Gasteiger partial charge is 0.348 e. The van der Waals surface area contributed by atoms with E-state index in [4.69, 9.17) is 11.6 Å². The lowest BCUT2D eigenvalue weighted by atomic mass is 10.1. The number of rotatable bonds is 5. The van der Waals surface area contributed by atoms with Gasteiger partial charge in [-0.1, -0.05) is 29.8 Å². The molecule has 2 N–H and O–H groups in total. The summed E-state index contributed by atoms with van der Waals surface area (Å²) in [7, 11) is 0. The van der Waals surface area contributed by atoms with Gasteiger partial charge in [-0.25, -0.2) is 0 Å². The molecule has 2 aliphatic heterocycles. The van der Waals surface area contributed by atoms with Crippen LogP contribution in [0.25, 0.3) is 0 Å². The zero-order chi connectivity index (χ0) is 16.9. The Balaban J connectivity index is 1.46. The molecule has 1 aromatic carbocycles. The number of carbonyl (C=O) groups is 1. The fourth-order valence-corrected chi connectivity index (χ4v) is 3.99. The third kappa shape index (κ3) is 4.48. The second-order valence-corrected chi connectivity index (χ2v) is 7.18. The van der Waals surface area contributed by atoms with Crippen molar-refractivity contribution in [1.29, 1.82) is 0 Å². The van der Waals surface area contributed by atoms with Gasteiger partial charge < -0.3 is 10.6 Å². The number of hydrogen-bond donors (Lipinski definition) is 2. The summed E-state index contributed by atoms with van der Waals surface area (Å²) in [5, 5.41) is 7.16. The summed E-state index contributed by atoms with van der Waals surface area (Å²) in [6.45, 7) is 8.83.